The molecule has 21 nitrogen and oxygen atoms in total. The fraction of sp³-hybridized carbons (Fsp3) is 0.441. The van der Waals surface area contributed by atoms with E-state index in [-0.39, 0.29) is 114 Å². The lowest BCUT2D eigenvalue weighted by molar-refractivity contribution is -0.145. The van der Waals surface area contributed by atoms with Gasteiger partial charge in [-0.1, -0.05) is 36.9 Å². The van der Waals surface area contributed by atoms with Crippen molar-refractivity contribution >= 4 is 47.1 Å². The number of methoxy groups -OCH3 is 3. The van der Waals surface area contributed by atoms with Gasteiger partial charge in [0.25, 0.3) is 11.8 Å². The van der Waals surface area contributed by atoms with E-state index in [1.807, 2.05) is 54.6 Å². The summed E-state index contributed by atoms with van der Waals surface area (Å²) in [6.45, 7) is 5.66. The van der Waals surface area contributed by atoms with Gasteiger partial charge < -0.3 is 70.4 Å². The highest BCUT2D eigenvalue weighted by atomic mass is 16.5. The third kappa shape index (κ3) is 26.6. The average Bonchev–Trinajstić information content (AvgIpc) is 3.48. The van der Waals surface area contributed by atoms with Gasteiger partial charge in [-0.3, -0.25) is 33.6 Å². The number of benzene rings is 4. The topological polar surface area (TPSA) is 268 Å². The van der Waals surface area contributed by atoms with Gasteiger partial charge in [0, 0.05) is 88.2 Å². The van der Waals surface area contributed by atoms with Crippen molar-refractivity contribution in [1.82, 2.24) is 37.2 Å². The van der Waals surface area contributed by atoms with Crippen LogP contribution in [0.15, 0.2) is 110 Å². The molecule has 4 aromatic carbocycles. The maximum atomic E-state index is 13.7. The van der Waals surface area contributed by atoms with Gasteiger partial charge in [-0.25, -0.2) is 0 Å². The van der Waals surface area contributed by atoms with Gasteiger partial charge in [0.05, 0.1) is 61.0 Å². The van der Waals surface area contributed by atoms with Crippen molar-refractivity contribution in [1.29, 1.82) is 0 Å². The molecular weight excluding hydrogens is 1030 g/mol. The molecule has 80 heavy (non-hydrogen) atoms. The lowest BCUT2D eigenvalue weighted by atomic mass is 10.0. The summed E-state index contributed by atoms with van der Waals surface area (Å²) in [5, 5.41) is 20.4. The van der Waals surface area contributed by atoms with E-state index in [0.717, 1.165) is 22.6 Å². The molecule has 0 saturated heterocycles. The monoisotopic (exact) mass is 1110 g/mol. The normalized spacial score (nSPS) is 10.8. The lowest BCUT2D eigenvalue weighted by Crippen LogP contribution is -2.58. The van der Waals surface area contributed by atoms with E-state index in [0.29, 0.717) is 81.2 Å². The number of carbonyl (C=O) groups is 7. The molecule has 0 atom stereocenters. The standard InChI is InChI=1S/C59H79N7O14/c1-44(46-16-22-49(74-2)23-17-46)60-31-9-32-61-52(67)28-37-77-41-59(66-55(70)14-8-15-56(71)80-40-45-12-6-5-7-13-45,42-78-38-29-53(68)62-33-10-35-64-57(72)47-18-24-50(75-3)25-19-47)43-79-39-30-54(69)63-34-11-36-65-58(73)48-20-26-51(76-4)27-21-48/h5-7,12-13,16-27,60H,1,8-11,14-15,28-43H2,2-4H3,(H,61,67)(H,62,68)(H,63,69)(H,64,72)(H,65,73)(H,66,70). The van der Waals surface area contributed by atoms with Crippen LogP contribution in [0.1, 0.15) is 89.6 Å². The molecule has 7 N–H and O–H groups in total. The number of ether oxygens (including phenoxy) is 7. The van der Waals surface area contributed by atoms with E-state index < -0.39 is 17.4 Å². The molecule has 0 aliphatic carbocycles. The van der Waals surface area contributed by atoms with Crippen LogP contribution in [0.2, 0.25) is 0 Å². The fourth-order valence-electron chi connectivity index (χ4n) is 7.53. The van der Waals surface area contributed by atoms with Crippen molar-refractivity contribution in [3.05, 3.63) is 132 Å². The van der Waals surface area contributed by atoms with Crippen LogP contribution >= 0.6 is 0 Å². The summed E-state index contributed by atoms with van der Waals surface area (Å²) >= 11 is 0. The Bertz CT molecular complexity index is 2300. The van der Waals surface area contributed by atoms with E-state index >= 15 is 0 Å². The van der Waals surface area contributed by atoms with Crippen molar-refractivity contribution in [2.45, 2.75) is 69.9 Å². The minimum absolute atomic E-state index is 0.000509. The van der Waals surface area contributed by atoms with Crippen molar-refractivity contribution in [3.8, 4) is 17.2 Å². The van der Waals surface area contributed by atoms with Gasteiger partial charge in [0.15, 0.2) is 0 Å². The maximum absolute atomic E-state index is 13.7. The predicted octanol–water partition coefficient (Wildman–Crippen LogP) is 4.64. The molecule has 4 rings (SSSR count). The molecule has 0 aliphatic heterocycles. The first-order valence-corrected chi connectivity index (χ1v) is 26.8. The average molecular weight is 1110 g/mol. The third-order valence-electron chi connectivity index (χ3n) is 12.1. The second kappa shape index (κ2) is 37.7. The summed E-state index contributed by atoms with van der Waals surface area (Å²) in [4.78, 5) is 89.9. The van der Waals surface area contributed by atoms with Gasteiger partial charge in [-0.15, -0.1) is 0 Å². The molecule has 0 fully saturated rings. The van der Waals surface area contributed by atoms with Crippen LogP contribution in [0.3, 0.4) is 0 Å². The van der Waals surface area contributed by atoms with Crippen molar-refractivity contribution in [3.63, 3.8) is 0 Å². The minimum Gasteiger partial charge on any atom is -0.497 e. The van der Waals surface area contributed by atoms with E-state index in [1.54, 1.807) is 69.9 Å². The number of nitrogens with one attached hydrogen (secondary N) is 7. The van der Waals surface area contributed by atoms with Gasteiger partial charge in [-0.05, 0) is 110 Å². The molecule has 0 spiro atoms. The van der Waals surface area contributed by atoms with Gasteiger partial charge in [0.1, 0.15) is 29.4 Å². The Hall–Kier alpha value is -8.01. The minimum atomic E-state index is -1.38. The molecule has 0 aliphatic rings. The molecular formula is C59H79N7O14. The van der Waals surface area contributed by atoms with Gasteiger partial charge >= 0.3 is 5.97 Å². The molecule has 0 unspecified atom stereocenters. The first-order chi connectivity index (χ1) is 38.8. The van der Waals surface area contributed by atoms with Crippen LogP contribution in [-0.4, -0.2) is 147 Å². The lowest BCUT2D eigenvalue weighted by Gasteiger charge is -2.34. The van der Waals surface area contributed by atoms with E-state index in [2.05, 4.69) is 43.8 Å². The second-order valence-electron chi connectivity index (χ2n) is 18.4. The zero-order chi connectivity index (χ0) is 57.6. The summed E-state index contributed by atoms with van der Waals surface area (Å²) in [5.74, 6) is -0.274. The molecule has 4 aromatic rings. The van der Waals surface area contributed by atoms with E-state index in [4.69, 9.17) is 33.2 Å². The Balaban J connectivity index is 1.31. The number of hydrogen-bond donors (Lipinski definition) is 7. The highest BCUT2D eigenvalue weighted by Crippen LogP contribution is 2.17. The van der Waals surface area contributed by atoms with Crippen LogP contribution in [0.5, 0.6) is 17.2 Å². The summed E-state index contributed by atoms with van der Waals surface area (Å²) in [5.41, 5.74) is 2.06. The zero-order valence-electron chi connectivity index (χ0n) is 46.3. The first-order valence-electron chi connectivity index (χ1n) is 26.8. The summed E-state index contributed by atoms with van der Waals surface area (Å²) in [7, 11) is 4.69. The summed E-state index contributed by atoms with van der Waals surface area (Å²) in [6, 6.07) is 30.1. The Kier molecular flexibility index (Phi) is 30.4. The predicted molar refractivity (Wildman–Crippen MR) is 301 cm³/mol. The van der Waals surface area contributed by atoms with Crippen LogP contribution in [0.4, 0.5) is 0 Å². The first kappa shape index (κ1) is 64.5. The number of carbonyl (C=O) groups excluding carboxylic acids is 7. The van der Waals surface area contributed by atoms with Crippen molar-refractivity contribution in [2.24, 2.45) is 0 Å². The SMILES string of the molecule is C=C(NCCCNC(=O)CCOCC(COCCC(=O)NCCCNC(=O)c1ccc(OC)cc1)(COCCC(=O)NCCCNC(=O)c1ccc(OC)cc1)NC(=O)CCCC(=O)OCc1ccccc1)c1ccc(OC)cc1. The second-order valence-corrected chi connectivity index (χ2v) is 18.4. The zero-order valence-corrected chi connectivity index (χ0v) is 46.3. The summed E-state index contributed by atoms with van der Waals surface area (Å²) < 4.78 is 39.0. The molecule has 21 heteroatoms. The molecule has 0 saturated carbocycles. The molecule has 434 valence electrons. The smallest absolute Gasteiger partial charge is 0.306 e. The molecule has 0 bridgehead atoms. The van der Waals surface area contributed by atoms with Gasteiger partial charge in [0.2, 0.25) is 23.6 Å². The number of hydrogen-bond acceptors (Lipinski definition) is 15. The highest BCUT2D eigenvalue weighted by molar-refractivity contribution is 5.94. The van der Waals surface area contributed by atoms with Crippen LogP contribution in [0, 0.1) is 0 Å². The quantitative estimate of drug-likeness (QED) is 0.0236. The maximum Gasteiger partial charge on any atom is 0.306 e. The van der Waals surface area contributed by atoms with Crippen LogP contribution < -0.4 is 51.4 Å². The van der Waals surface area contributed by atoms with Crippen LogP contribution in [0.25, 0.3) is 5.70 Å². The van der Waals surface area contributed by atoms with Crippen LogP contribution in [-0.2, 0) is 49.5 Å². The third-order valence-corrected chi connectivity index (χ3v) is 12.1. The molecule has 0 heterocycles. The Labute approximate surface area is 468 Å². The van der Waals surface area contributed by atoms with E-state index in [9.17, 15) is 33.6 Å². The highest BCUT2D eigenvalue weighted by Gasteiger charge is 2.34. The van der Waals surface area contributed by atoms with Crippen molar-refractivity contribution in [2.75, 3.05) is 100 Å². The summed E-state index contributed by atoms with van der Waals surface area (Å²) in [6.07, 6.45) is 1.58. The fourth-order valence-corrected chi connectivity index (χ4v) is 7.53. The number of rotatable bonds is 41. The number of amides is 6. The molecule has 0 aromatic heterocycles. The molecule has 6 amide bonds. The Morgan fingerprint density at radius 2 is 0.812 bits per heavy atom. The number of esters is 1. The van der Waals surface area contributed by atoms with E-state index in [1.165, 1.54) is 0 Å². The Morgan fingerprint density at radius 3 is 1.23 bits per heavy atom. The Morgan fingerprint density at radius 1 is 0.425 bits per heavy atom. The largest absolute Gasteiger partial charge is 0.497 e. The van der Waals surface area contributed by atoms with Crippen molar-refractivity contribution < 1.29 is 66.7 Å². The van der Waals surface area contributed by atoms with Gasteiger partial charge in [-0.2, -0.15) is 0 Å². The molecule has 0 radical (unpaired) electrons.